The van der Waals surface area contributed by atoms with Gasteiger partial charge in [0.25, 0.3) is 5.56 Å². The zero-order chi connectivity index (χ0) is 32.3. The highest BCUT2D eigenvalue weighted by Gasteiger charge is 2.21. The minimum absolute atomic E-state index is 0.0778. The first-order valence-corrected chi connectivity index (χ1v) is 15.7. The highest BCUT2D eigenvalue weighted by Crippen LogP contribution is 2.23. The van der Waals surface area contributed by atoms with Crippen LogP contribution in [-0.4, -0.2) is 114 Å². The minimum Gasteiger partial charge on any atom is -0.506 e. The first-order valence-electron chi connectivity index (χ1n) is 15.3. The van der Waals surface area contributed by atoms with E-state index in [0.717, 1.165) is 39.0 Å². The Morgan fingerprint density at radius 3 is 2.71 bits per heavy atom. The van der Waals surface area contributed by atoms with Crippen LogP contribution < -0.4 is 21.4 Å². The van der Waals surface area contributed by atoms with Crippen molar-refractivity contribution in [1.82, 2.24) is 29.6 Å². The molecule has 1 aliphatic carbocycles. The number of rotatable bonds is 15. The smallest absolute Gasteiger partial charge is 0.265 e. The highest BCUT2D eigenvalue weighted by atomic mass is 35.5. The predicted molar refractivity (Wildman–Crippen MR) is 176 cm³/mol. The van der Waals surface area contributed by atoms with Crippen molar-refractivity contribution in [2.45, 2.75) is 31.9 Å². The van der Waals surface area contributed by atoms with Crippen LogP contribution in [0.3, 0.4) is 0 Å². The third-order valence-electron chi connectivity index (χ3n) is 8.05. The molecule has 0 spiro atoms. The Morgan fingerprint density at radius 2 is 1.98 bits per heavy atom. The molecule has 2 N–H and O–H groups in total. The van der Waals surface area contributed by atoms with E-state index in [1.807, 2.05) is 12.2 Å². The lowest BCUT2D eigenvalue weighted by molar-refractivity contribution is -0.135. The number of ether oxygens (including phenoxy) is 1. The zero-order valence-electron chi connectivity index (χ0n) is 26.1. The second kappa shape index (κ2) is 16.6. The molecule has 242 valence electrons. The third-order valence-corrected chi connectivity index (χ3v) is 8.22. The maximum Gasteiger partial charge on any atom is 0.265 e. The van der Waals surface area contributed by atoms with E-state index >= 15 is 0 Å². The number of aromatic hydroxyl groups is 1. The van der Waals surface area contributed by atoms with E-state index in [9.17, 15) is 19.5 Å². The summed E-state index contributed by atoms with van der Waals surface area (Å²) in [6, 6.07) is 4.62. The molecule has 0 radical (unpaired) electrons. The summed E-state index contributed by atoms with van der Waals surface area (Å²) in [5, 5.41) is 15.3. The second-order valence-electron chi connectivity index (χ2n) is 11.3. The molecule has 4 rings (SSSR count). The largest absolute Gasteiger partial charge is 0.506 e. The lowest BCUT2D eigenvalue weighted by Gasteiger charge is -2.31. The van der Waals surface area contributed by atoms with Crippen molar-refractivity contribution in [1.29, 1.82) is 0 Å². The van der Waals surface area contributed by atoms with Gasteiger partial charge < -0.3 is 25.0 Å². The molecule has 11 nitrogen and oxygen atoms in total. The van der Waals surface area contributed by atoms with Crippen LogP contribution in [0, 0.1) is 0 Å². The fourth-order valence-electron chi connectivity index (χ4n) is 5.21. The molecule has 0 bridgehead atoms. The number of benzene rings is 1. The summed E-state index contributed by atoms with van der Waals surface area (Å²) < 4.78 is 7.01. The number of halogens is 1. The Kier molecular flexibility index (Phi) is 12.7. The average Bonchev–Trinajstić information content (AvgIpc) is 3.04. The van der Waals surface area contributed by atoms with Gasteiger partial charge in [0.2, 0.25) is 5.91 Å². The van der Waals surface area contributed by atoms with Crippen molar-refractivity contribution in [3.05, 3.63) is 74.8 Å². The number of ketones is 1. The standard InChI is InChI=1S/C33H43ClN6O5/c1-4-25(8-7-13-34)45-23-32(43)38(3)15-14-35-21-31-36-27-10-6-5-9-26(27)33(44)40(31)28-20-24(11-12-29(28)41)30(42)22-39-18-16-37(2)17-19-39/h4,7,9-13,20,25,35,41H,1,5-6,8,14-19,21-23H2,2-3H3/b13-7+. The van der Waals surface area contributed by atoms with E-state index in [1.54, 1.807) is 36.2 Å². The normalized spacial score (nSPS) is 16.1. The number of Topliss-reactive ketones (excluding diaryl/α,β-unsaturated/α-hetero) is 1. The monoisotopic (exact) mass is 638 g/mol. The van der Waals surface area contributed by atoms with Gasteiger partial charge in [-0.1, -0.05) is 35.9 Å². The molecule has 2 heterocycles. The van der Waals surface area contributed by atoms with Gasteiger partial charge in [-0.05, 0) is 44.5 Å². The molecule has 45 heavy (non-hydrogen) atoms. The van der Waals surface area contributed by atoms with Gasteiger partial charge >= 0.3 is 0 Å². The van der Waals surface area contributed by atoms with E-state index < -0.39 is 0 Å². The number of phenolic OH excluding ortho intramolecular Hbond substituents is 1. The molecule has 2 aromatic rings. The Labute approximate surface area is 268 Å². The molecule has 1 atom stereocenters. The average molecular weight is 639 g/mol. The van der Waals surface area contributed by atoms with E-state index in [1.165, 1.54) is 16.2 Å². The van der Waals surface area contributed by atoms with E-state index in [-0.39, 0.29) is 54.5 Å². The van der Waals surface area contributed by atoms with Gasteiger partial charge in [-0.3, -0.25) is 23.9 Å². The van der Waals surface area contributed by atoms with Gasteiger partial charge in [0, 0.05) is 57.4 Å². The Bertz CT molecular complexity index is 1580. The minimum atomic E-state index is -0.312. The van der Waals surface area contributed by atoms with Crippen molar-refractivity contribution >= 4 is 35.4 Å². The summed E-state index contributed by atoms with van der Waals surface area (Å²) in [6.07, 6.45) is 8.88. The van der Waals surface area contributed by atoms with E-state index in [0.29, 0.717) is 41.5 Å². The molecule has 0 saturated carbocycles. The van der Waals surface area contributed by atoms with Crippen LogP contribution in [-0.2, 0) is 16.1 Å². The number of phenols is 1. The Balaban J connectivity index is 1.49. The van der Waals surface area contributed by atoms with Gasteiger partial charge in [0.05, 0.1) is 35.4 Å². The van der Waals surface area contributed by atoms with Gasteiger partial charge in [-0.2, -0.15) is 0 Å². The van der Waals surface area contributed by atoms with Crippen LogP contribution in [0.2, 0.25) is 0 Å². The van der Waals surface area contributed by atoms with Crippen LogP contribution in [0.25, 0.3) is 17.8 Å². The highest BCUT2D eigenvalue weighted by molar-refractivity contribution is 6.25. The van der Waals surface area contributed by atoms with Crippen LogP contribution in [0.15, 0.2) is 47.3 Å². The number of piperazine rings is 1. The molecular weight excluding hydrogens is 596 g/mol. The first kappa shape index (κ1) is 34.3. The molecule has 12 heteroatoms. The van der Waals surface area contributed by atoms with Crippen molar-refractivity contribution < 1.29 is 19.4 Å². The first-order chi connectivity index (χ1) is 21.7. The summed E-state index contributed by atoms with van der Waals surface area (Å²) in [5.41, 5.74) is 1.72. The molecule has 1 aliphatic heterocycles. The fourth-order valence-corrected chi connectivity index (χ4v) is 5.32. The number of carbonyl (C=O) groups is 2. The van der Waals surface area contributed by atoms with Crippen molar-refractivity contribution in [2.24, 2.45) is 0 Å². The van der Waals surface area contributed by atoms with Crippen molar-refractivity contribution in [3.8, 4) is 11.4 Å². The van der Waals surface area contributed by atoms with Crippen LogP contribution >= 0.6 is 11.6 Å². The van der Waals surface area contributed by atoms with Gasteiger partial charge in [-0.25, -0.2) is 4.98 Å². The van der Waals surface area contributed by atoms with Crippen LogP contribution in [0.5, 0.6) is 5.75 Å². The number of nitrogens with zero attached hydrogens (tertiary/aromatic N) is 5. The lowest BCUT2D eigenvalue weighted by Crippen LogP contribution is -2.49. The lowest BCUT2D eigenvalue weighted by atomic mass is 10.1. The van der Waals surface area contributed by atoms with Crippen LogP contribution in [0.4, 0.5) is 0 Å². The zero-order valence-corrected chi connectivity index (χ0v) is 26.8. The van der Waals surface area contributed by atoms with Gasteiger partial charge in [0.15, 0.2) is 5.78 Å². The number of amides is 1. The molecule has 2 aliphatic rings. The second-order valence-corrected chi connectivity index (χ2v) is 11.6. The summed E-state index contributed by atoms with van der Waals surface area (Å²) >= 11 is 5.57. The molecule has 1 saturated heterocycles. The maximum atomic E-state index is 13.8. The topological polar surface area (TPSA) is 120 Å². The number of fused-ring (bicyclic) bond motifs is 1. The Morgan fingerprint density at radius 1 is 1.22 bits per heavy atom. The van der Waals surface area contributed by atoms with Gasteiger partial charge in [0.1, 0.15) is 18.2 Å². The summed E-state index contributed by atoms with van der Waals surface area (Å²) in [5.74, 6) is 0.00451. The van der Waals surface area contributed by atoms with E-state index in [4.69, 9.17) is 21.3 Å². The summed E-state index contributed by atoms with van der Waals surface area (Å²) in [7, 11) is 3.75. The number of hydrogen-bond acceptors (Lipinski definition) is 9. The number of likely N-dealkylation sites (N-methyl/N-ethyl adjacent to an activating group) is 2. The number of nitrogens with one attached hydrogen (secondary N) is 1. The van der Waals surface area contributed by atoms with E-state index in [2.05, 4.69) is 28.7 Å². The predicted octanol–water partition coefficient (Wildman–Crippen LogP) is 0.985. The summed E-state index contributed by atoms with van der Waals surface area (Å²) in [6.45, 7) is 8.30. The number of carbonyl (C=O) groups excluding carboxylic acids is 2. The molecule has 1 aromatic carbocycles. The molecule has 1 unspecified atom stereocenters. The quantitative estimate of drug-likeness (QED) is 0.167. The molecule has 1 fully saturated rings. The fraction of sp³-hybridized carbons (Fsp3) is 0.455. The van der Waals surface area contributed by atoms with Crippen molar-refractivity contribution in [2.75, 3.05) is 66.5 Å². The molecule has 1 amide bonds. The van der Waals surface area contributed by atoms with Crippen LogP contribution in [0.1, 0.15) is 35.4 Å². The SMILES string of the molecule is C=CC(C/C=C/Cl)OCC(=O)N(C)CCNCc1nc2c(c(=O)n1-c1cc(C(=O)CN3CCN(C)CC3)ccc1O)=CCCC=2. The molecule has 1 aromatic heterocycles. The van der Waals surface area contributed by atoms with Crippen molar-refractivity contribution in [3.63, 3.8) is 0 Å². The maximum absolute atomic E-state index is 13.8. The molecular formula is C33H43ClN6O5. The van der Waals surface area contributed by atoms with Gasteiger partial charge in [-0.15, -0.1) is 6.58 Å². The summed E-state index contributed by atoms with van der Waals surface area (Å²) in [4.78, 5) is 50.3. The third kappa shape index (κ3) is 9.21. The number of aromatic nitrogens is 2. The Hall–Kier alpha value is -3.61. The number of hydrogen-bond donors (Lipinski definition) is 2.